The highest BCUT2D eigenvalue weighted by atomic mass is 16.4. The molecule has 0 radical (unpaired) electrons. The first kappa shape index (κ1) is 15.5. The highest BCUT2D eigenvalue weighted by molar-refractivity contribution is 5.84. The minimum Gasteiger partial charge on any atom is -0.481 e. The maximum atomic E-state index is 12.3. The lowest BCUT2D eigenvalue weighted by Gasteiger charge is -2.27. The summed E-state index contributed by atoms with van der Waals surface area (Å²) in [6.07, 6.45) is 4.84. The summed E-state index contributed by atoms with van der Waals surface area (Å²) >= 11 is 0. The van der Waals surface area contributed by atoms with Gasteiger partial charge in [0.05, 0.1) is 18.0 Å². The van der Waals surface area contributed by atoms with Gasteiger partial charge in [0, 0.05) is 24.3 Å². The van der Waals surface area contributed by atoms with Crippen LogP contribution in [0, 0.1) is 18.8 Å². The fraction of sp³-hybridized carbons (Fsp3) is 0.667. The van der Waals surface area contributed by atoms with Crippen LogP contribution < -0.4 is 5.32 Å². The van der Waals surface area contributed by atoms with Gasteiger partial charge in [-0.1, -0.05) is 12.8 Å². The number of hydrogen-bond acceptors (Lipinski definition) is 3. The van der Waals surface area contributed by atoms with Crippen molar-refractivity contribution in [2.75, 3.05) is 0 Å². The Balaban J connectivity index is 1.97. The molecule has 6 heteroatoms. The van der Waals surface area contributed by atoms with E-state index >= 15 is 0 Å². The van der Waals surface area contributed by atoms with Crippen LogP contribution in [-0.2, 0) is 22.7 Å². The van der Waals surface area contributed by atoms with Crippen LogP contribution in [0.5, 0.6) is 0 Å². The van der Waals surface area contributed by atoms with Crippen molar-refractivity contribution in [3.05, 3.63) is 17.5 Å². The number of amides is 1. The molecule has 1 saturated carbocycles. The van der Waals surface area contributed by atoms with Gasteiger partial charge in [0.25, 0.3) is 0 Å². The fourth-order valence-electron chi connectivity index (χ4n) is 3.03. The van der Waals surface area contributed by atoms with Gasteiger partial charge < -0.3 is 10.4 Å². The number of carboxylic acids is 1. The third-order valence-electron chi connectivity index (χ3n) is 4.38. The molecule has 1 fully saturated rings. The molecule has 1 aliphatic carbocycles. The molecule has 1 aromatic rings. The van der Waals surface area contributed by atoms with Gasteiger partial charge in [0.2, 0.25) is 5.91 Å². The summed E-state index contributed by atoms with van der Waals surface area (Å²) in [5.41, 5.74) is 2.02. The van der Waals surface area contributed by atoms with Crippen LogP contribution in [0.25, 0.3) is 0 Å². The average molecular weight is 293 g/mol. The molecule has 0 aromatic carbocycles. The molecule has 1 heterocycles. The average Bonchev–Trinajstić information content (AvgIpc) is 2.85. The minimum atomic E-state index is -0.857. The number of aliphatic carboxylic acids is 1. The fourth-order valence-corrected chi connectivity index (χ4v) is 3.03. The second kappa shape index (κ2) is 6.74. The van der Waals surface area contributed by atoms with Crippen molar-refractivity contribution in [1.29, 1.82) is 0 Å². The Morgan fingerprint density at radius 2 is 2.05 bits per heavy atom. The molecule has 116 valence electrons. The molecule has 2 N–H and O–H groups in total. The summed E-state index contributed by atoms with van der Waals surface area (Å²) in [7, 11) is 0. The zero-order chi connectivity index (χ0) is 15.4. The molecule has 0 aliphatic heterocycles. The van der Waals surface area contributed by atoms with E-state index in [-0.39, 0.29) is 5.91 Å². The highest BCUT2D eigenvalue weighted by Crippen LogP contribution is 2.30. The van der Waals surface area contributed by atoms with Crippen LogP contribution in [0.3, 0.4) is 0 Å². The SMILES string of the molecule is CCn1ncc(CNC(=O)[C@@H]2CCCC[C@@H]2C(=O)O)c1C. The van der Waals surface area contributed by atoms with Crippen LogP contribution in [0.2, 0.25) is 0 Å². The molecule has 2 atom stereocenters. The standard InChI is InChI=1S/C15H23N3O3/c1-3-18-10(2)11(9-17-18)8-16-14(19)12-6-4-5-7-13(12)15(20)21/h9,12-13H,3-8H2,1-2H3,(H,16,19)(H,20,21)/t12-,13+/m1/s1. The van der Waals surface area contributed by atoms with Gasteiger partial charge in [0.1, 0.15) is 0 Å². The number of hydrogen-bond donors (Lipinski definition) is 2. The summed E-state index contributed by atoms with van der Waals surface area (Å²) in [5, 5.41) is 16.3. The van der Waals surface area contributed by atoms with Crippen LogP contribution in [0.4, 0.5) is 0 Å². The lowest BCUT2D eigenvalue weighted by Crippen LogP contribution is -2.39. The van der Waals surface area contributed by atoms with Crippen LogP contribution in [-0.4, -0.2) is 26.8 Å². The number of carbonyl (C=O) groups excluding carboxylic acids is 1. The summed E-state index contributed by atoms with van der Waals surface area (Å²) in [6.45, 7) is 5.19. The third-order valence-corrected chi connectivity index (χ3v) is 4.38. The molecule has 0 saturated heterocycles. The van der Waals surface area contributed by atoms with E-state index in [1.165, 1.54) is 0 Å². The predicted octanol–water partition coefficient (Wildman–Crippen LogP) is 1.72. The van der Waals surface area contributed by atoms with Crippen LogP contribution in [0.15, 0.2) is 6.20 Å². The lowest BCUT2D eigenvalue weighted by atomic mass is 9.78. The molecule has 0 spiro atoms. The Labute approximate surface area is 124 Å². The molecular weight excluding hydrogens is 270 g/mol. The number of nitrogens with zero attached hydrogens (tertiary/aromatic N) is 2. The Morgan fingerprint density at radius 1 is 1.38 bits per heavy atom. The minimum absolute atomic E-state index is 0.147. The normalized spacial score (nSPS) is 22.0. The van der Waals surface area contributed by atoms with E-state index in [0.29, 0.717) is 19.4 Å². The zero-order valence-electron chi connectivity index (χ0n) is 12.6. The van der Waals surface area contributed by atoms with Crippen molar-refractivity contribution in [2.45, 2.75) is 52.6 Å². The number of aromatic nitrogens is 2. The quantitative estimate of drug-likeness (QED) is 0.865. The summed E-state index contributed by atoms with van der Waals surface area (Å²) in [4.78, 5) is 23.5. The van der Waals surface area contributed by atoms with E-state index in [2.05, 4.69) is 10.4 Å². The Hall–Kier alpha value is -1.85. The Kier molecular flexibility index (Phi) is 4.98. The first-order valence-corrected chi connectivity index (χ1v) is 7.56. The molecule has 2 rings (SSSR count). The number of aryl methyl sites for hydroxylation is 1. The molecular formula is C15H23N3O3. The van der Waals surface area contributed by atoms with Crippen LogP contribution in [0.1, 0.15) is 43.9 Å². The summed E-state index contributed by atoms with van der Waals surface area (Å²) in [6, 6.07) is 0. The third kappa shape index (κ3) is 3.43. The summed E-state index contributed by atoms with van der Waals surface area (Å²) < 4.78 is 1.88. The summed E-state index contributed by atoms with van der Waals surface area (Å²) in [5.74, 6) is -1.95. The van der Waals surface area contributed by atoms with Gasteiger partial charge in [-0.05, 0) is 26.7 Å². The van der Waals surface area contributed by atoms with E-state index in [4.69, 9.17) is 0 Å². The van der Waals surface area contributed by atoms with E-state index in [1.807, 2.05) is 18.5 Å². The first-order chi connectivity index (χ1) is 10.0. The second-order valence-electron chi connectivity index (χ2n) is 5.62. The molecule has 1 aliphatic rings. The number of carbonyl (C=O) groups is 2. The topological polar surface area (TPSA) is 84.2 Å². The van der Waals surface area contributed by atoms with E-state index in [1.54, 1.807) is 6.20 Å². The maximum absolute atomic E-state index is 12.3. The van der Waals surface area contributed by atoms with Gasteiger partial charge in [-0.2, -0.15) is 5.10 Å². The Morgan fingerprint density at radius 3 is 2.62 bits per heavy atom. The van der Waals surface area contributed by atoms with E-state index in [9.17, 15) is 14.7 Å². The molecule has 0 bridgehead atoms. The molecule has 0 unspecified atom stereocenters. The number of nitrogens with one attached hydrogen (secondary N) is 1. The number of carboxylic acid groups (broad SMARTS) is 1. The van der Waals surface area contributed by atoms with Crippen molar-refractivity contribution in [3.8, 4) is 0 Å². The molecule has 1 aromatic heterocycles. The zero-order valence-corrected chi connectivity index (χ0v) is 12.6. The number of rotatable bonds is 5. The smallest absolute Gasteiger partial charge is 0.307 e. The van der Waals surface area contributed by atoms with Gasteiger partial charge in [0.15, 0.2) is 0 Å². The van der Waals surface area contributed by atoms with Crippen molar-refractivity contribution in [2.24, 2.45) is 11.8 Å². The van der Waals surface area contributed by atoms with Crippen molar-refractivity contribution < 1.29 is 14.7 Å². The van der Waals surface area contributed by atoms with Gasteiger partial charge in [-0.3, -0.25) is 14.3 Å². The van der Waals surface area contributed by atoms with Gasteiger partial charge in [-0.15, -0.1) is 0 Å². The largest absolute Gasteiger partial charge is 0.481 e. The van der Waals surface area contributed by atoms with Gasteiger partial charge >= 0.3 is 5.97 Å². The monoisotopic (exact) mass is 293 g/mol. The van der Waals surface area contributed by atoms with Crippen molar-refractivity contribution >= 4 is 11.9 Å². The van der Waals surface area contributed by atoms with Crippen molar-refractivity contribution in [3.63, 3.8) is 0 Å². The van der Waals surface area contributed by atoms with E-state index < -0.39 is 17.8 Å². The Bertz CT molecular complexity index is 524. The van der Waals surface area contributed by atoms with Crippen LogP contribution >= 0.6 is 0 Å². The molecule has 21 heavy (non-hydrogen) atoms. The second-order valence-corrected chi connectivity index (χ2v) is 5.62. The molecule has 1 amide bonds. The maximum Gasteiger partial charge on any atom is 0.307 e. The first-order valence-electron chi connectivity index (χ1n) is 7.56. The highest BCUT2D eigenvalue weighted by Gasteiger charge is 2.35. The van der Waals surface area contributed by atoms with Gasteiger partial charge in [-0.25, -0.2) is 0 Å². The van der Waals surface area contributed by atoms with E-state index in [0.717, 1.165) is 30.6 Å². The lowest BCUT2D eigenvalue weighted by molar-refractivity contribution is -0.148. The van der Waals surface area contributed by atoms with Crippen molar-refractivity contribution in [1.82, 2.24) is 15.1 Å². The molecule has 6 nitrogen and oxygen atoms in total. The predicted molar refractivity (Wildman–Crippen MR) is 77.6 cm³/mol.